The van der Waals surface area contributed by atoms with Gasteiger partial charge in [-0.2, -0.15) is 5.26 Å². The Morgan fingerprint density at radius 3 is 2.62 bits per heavy atom. The van der Waals surface area contributed by atoms with Gasteiger partial charge in [0.1, 0.15) is 11.6 Å². The summed E-state index contributed by atoms with van der Waals surface area (Å²) in [5.41, 5.74) is 1.70. The number of carbonyl (C=O) groups excluding carboxylic acids is 1. The number of hydrogen-bond donors (Lipinski definition) is 2. The topological polar surface area (TPSA) is 87.0 Å². The van der Waals surface area contributed by atoms with Gasteiger partial charge in [-0.1, -0.05) is 30.3 Å². The first-order valence-electron chi connectivity index (χ1n) is 7.97. The van der Waals surface area contributed by atoms with Gasteiger partial charge in [0.15, 0.2) is 5.75 Å². The molecule has 0 unspecified atom stereocenters. The van der Waals surface area contributed by atoms with Crippen LogP contribution >= 0.6 is 0 Å². The average Bonchev–Trinajstić information content (AvgIpc) is 2.68. The predicted molar refractivity (Wildman–Crippen MR) is 99.0 cm³/mol. The van der Waals surface area contributed by atoms with Crippen LogP contribution in [0.15, 0.2) is 72.9 Å². The van der Waals surface area contributed by atoms with Gasteiger partial charge in [-0.25, -0.2) is 4.98 Å². The number of aromatic nitrogens is 1. The Balaban J connectivity index is 1.68. The summed E-state index contributed by atoms with van der Waals surface area (Å²) in [7, 11) is 0. The summed E-state index contributed by atoms with van der Waals surface area (Å²) in [6, 6.07) is 21.7. The van der Waals surface area contributed by atoms with Gasteiger partial charge in [-0.3, -0.25) is 4.79 Å². The maximum atomic E-state index is 12.1. The molecule has 1 aromatic heterocycles. The van der Waals surface area contributed by atoms with Crippen molar-refractivity contribution < 1.29 is 9.53 Å². The number of nitrogens with zero attached hydrogens (tertiary/aromatic N) is 2. The number of para-hydroxylation sites is 3. The Morgan fingerprint density at radius 2 is 1.81 bits per heavy atom. The van der Waals surface area contributed by atoms with Gasteiger partial charge in [0.05, 0.1) is 12.2 Å². The van der Waals surface area contributed by atoms with Crippen LogP contribution in [-0.4, -0.2) is 17.4 Å². The fraction of sp³-hybridized carbons (Fsp3) is 0.0500. The van der Waals surface area contributed by atoms with Crippen molar-refractivity contribution in [3.63, 3.8) is 0 Å². The molecule has 3 rings (SSSR count). The van der Waals surface area contributed by atoms with Crippen molar-refractivity contribution in [3.8, 4) is 17.7 Å². The van der Waals surface area contributed by atoms with E-state index in [0.717, 1.165) is 5.69 Å². The van der Waals surface area contributed by atoms with E-state index in [-0.39, 0.29) is 18.3 Å². The number of anilines is 2. The maximum Gasteiger partial charge on any atom is 0.243 e. The Bertz CT molecular complexity index is 936. The Labute approximate surface area is 151 Å². The number of rotatable bonds is 6. The fourth-order valence-corrected chi connectivity index (χ4v) is 2.27. The number of carbonyl (C=O) groups is 1. The quantitative estimate of drug-likeness (QED) is 0.710. The lowest BCUT2D eigenvalue weighted by Crippen LogP contribution is -2.21. The van der Waals surface area contributed by atoms with Crippen LogP contribution in [0.1, 0.15) is 5.56 Å². The van der Waals surface area contributed by atoms with Gasteiger partial charge in [-0.05, 0) is 36.4 Å². The molecular formula is C20H16N4O2. The molecule has 0 fully saturated rings. The van der Waals surface area contributed by atoms with Crippen molar-refractivity contribution in [2.75, 3.05) is 17.2 Å². The molecule has 0 saturated carbocycles. The van der Waals surface area contributed by atoms with E-state index in [1.54, 1.807) is 36.5 Å². The Hall–Kier alpha value is -3.85. The molecule has 0 atom stereocenters. The summed E-state index contributed by atoms with van der Waals surface area (Å²) in [5.74, 6) is 0.523. The van der Waals surface area contributed by atoms with Crippen LogP contribution in [0.25, 0.3) is 0 Å². The van der Waals surface area contributed by atoms with Crippen LogP contribution in [0.2, 0.25) is 0 Å². The minimum absolute atomic E-state index is 0.0720. The van der Waals surface area contributed by atoms with Crippen molar-refractivity contribution in [3.05, 3.63) is 78.5 Å². The van der Waals surface area contributed by atoms with Gasteiger partial charge in [0.25, 0.3) is 0 Å². The average molecular weight is 344 g/mol. The number of hydrogen-bond acceptors (Lipinski definition) is 5. The molecule has 0 spiro atoms. The molecule has 0 aliphatic rings. The summed E-state index contributed by atoms with van der Waals surface area (Å²) in [6.07, 6.45) is 1.56. The highest BCUT2D eigenvalue weighted by Gasteiger charge is 2.10. The largest absolute Gasteiger partial charge is 0.436 e. The van der Waals surface area contributed by atoms with Crippen molar-refractivity contribution >= 4 is 17.3 Å². The molecule has 2 N–H and O–H groups in total. The van der Waals surface area contributed by atoms with Crippen molar-refractivity contribution in [2.24, 2.45) is 0 Å². The molecule has 26 heavy (non-hydrogen) atoms. The summed E-state index contributed by atoms with van der Waals surface area (Å²) < 4.78 is 5.75. The van der Waals surface area contributed by atoms with Gasteiger partial charge >= 0.3 is 0 Å². The number of pyridine rings is 1. The zero-order valence-corrected chi connectivity index (χ0v) is 13.8. The standard InChI is InChI=1S/C20H16N4O2/c21-13-15-7-6-12-22-20(15)26-18-11-5-4-10-17(18)23-14-19(25)24-16-8-2-1-3-9-16/h1-12,23H,14H2,(H,24,25). The van der Waals surface area contributed by atoms with Gasteiger partial charge < -0.3 is 15.4 Å². The van der Waals surface area contributed by atoms with Crippen LogP contribution in [0.4, 0.5) is 11.4 Å². The lowest BCUT2D eigenvalue weighted by molar-refractivity contribution is -0.114. The number of amides is 1. The number of benzene rings is 2. The number of ether oxygens (including phenoxy) is 1. The molecule has 0 aliphatic carbocycles. The third-order valence-corrected chi connectivity index (χ3v) is 3.48. The smallest absolute Gasteiger partial charge is 0.243 e. The summed E-state index contributed by atoms with van der Waals surface area (Å²) >= 11 is 0. The van der Waals surface area contributed by atoms with Crippen molar-refractivity contribution in [1.82, 2.24) is 4.98 Å². The van der Waals surface area contributed by atoms with Gasteiger partial charge in [-0.15, -0.1) is 0 Å². The monoisotopic (exact) mass is 344 g/mol. The molecule has 1 amide bonds. The van der Waals surface area contributed by atoms with E-state index in [0.29, 0.717) is 17.0 Å². The summed E-state index contributed by atoms with van der Waals surface area (Å²) in [4.78, 5) is 16.2. The van der Waals surface area contributed by atoms with Crippen LogP contribution < -0.4 is 15.4 Å². The summed E-state index contributed by atoms with van der Waals surface area (Å²) in [6.45, 7) is 0.0720. The van der Waals surface area contributed by atoms with Crippen molar-refractivity contribution in [1.29, 1.82) is 5.26 Å². The second kappa shape index (κ2) is 8.31. The van der Waals surface area contributed by atoms with E-state index in [1.807, 2.05) is 42.5 Å². The molecule has 1 heterocycles. The fourth-order valence-electron chi connectivity index (χ4n) is 2.27. The Morgan fingerprint density at radius 1 is 1.04 bits per heavy atom. The minimum Gasteiger partial charge on any atom is -0.436 e. The van der Waals surface area contributed by atoms with Crippen LogP contribution in [0.5, 0.6) is 11.6 Å². The first-order valence-corrected chi connectivity index (χ1v) is 7.97. The second-order valence-electron chi connectivity index (χ2n) is 5.33. The molecule has 6 heteroatoms. The van der Waals surface area contributed by atoms with Crippen LogP contribution in [0, 0.1) is 11.3 Å². The zero-order valence-electron chi connectivity index (χ0n) is 13.8. The number of nitrogens with one attached hydrogen (secondary N) is 2. The highest BCUT2D eigenvalue weighted by Crippen LogP contribution is 2.29. The maximum absolute atomic E-state index is 12.1. The Kier molecular flexibility index (Phi) is 5.43. The van der Waals surface area contributed by atoms with Gasteiger partial charge in [0, 0.05) is 11.9 Å². The third-order valence-electron chi connectivity index (χ3n) is 3.48. The van der Waals surface area contributed by atoms with Gasteiger partial charge in [0.2, 0.25) is 11.8 Å². The zero-order chi connectivity index (χ0) is 18.2. The highest BCUT2D eigenvalue weighted by molar-refractivity contribution is 5.93. The van der Waals surface area contributed by atoms with E-state index < -0.39 is 0 Å². The molecule has 6 nitrogen and oxygen atoms in total. The first-order chi connectivity index (χ1) is 12.8. The predicted octanol–water partition coefficient (Wildman–Crippen LogP) is 3.80. The second-order valence-corrected chi connectivity index (χ2v) is 5.33. The lowest BCUT2D eigenvalue weighted by atomic mass is 10.2. The van der Waals surface area contributed by atoms with Crippen molar-refractivity contribution in [2.45, 2.75) is 0 Å². The highest BCUT2D eigenvalue weighted by atomic mass is 16.5. The number of nitriles is 1. The SMILES string of the molecule is N#Cc1cccnc1Oc1ccccc1NCC(=O)Nc1ccccc1. The molecule has 0 aliphatic heterocycles. The molecule has 0 radical (unpaired) electrons. The van der Waals surface area contributed by atoms with E-state index in [2.05, 4.69) is 15.6 Å². The van der Waals surface area contributed by atoms with E-state index in [1.165, 1.54) is 0 Å². The molecule has 128 valence electrons. The van der Waals surface area contributed by atoms with E-state index in [9.17, 15) is 4.79 Å². The molecule has 2 aromatic carbocycles. The normalized spacial score (nSPS) is 9.81. The molecule has 3 aromatic rings. The minimum atomic E-state index is -0.179. The molecule has 0 saturated heterocycles. The first kappa shape index (κ1) is 17.0. The molecular weight excluding hydrogens is 328 g/mol. The lowest BCUT2D eigenvalue weighted by Gasteiger charge is -2.13. The van der Waals surface area contributed by atoms with E-state index >= 15 is 0 Å². The van der Waals surface area contributed by atoms with E-state index in [4.69, 9.17) is 10.00 Å². The summed E-state index contributed by atoms with van der Waals surface area (Å²) in [5, 5.41) is 15.0. The third kappa shape index (κ3) is 4.36. The molecule has 0 bridgehead atoms. The van der Waals surface area contributed by atoms with Crippen LogP contribution in [0.3, 0.4) is 0 Å². The van der Waals surface area contributed by atoms with Crippen LogP contribution in [-0.2, 0) is 4.79 Å².